The first-order chi connectivity index (χ1) is 15.0. The molecule has 4 rings (SSSR count). The highest BCUT2D eigenvalue weighted by atomic mass is 35.5. The molecule has 0 spiro atoms. The summed E-state index contributed by atoms with van der Waals surface area (Å²) < 4.78 is 5.05. The maximum absolute atomic E-state index is 13.2. The number of fused-ring (bicyclic) bond motifs is 1. The van der Waals surface area contributed by atoms with E-state index in [1.54, 1.807) is 0 Å². The zero-order valence-corrected chi connectivity index (χ0v) is 20.4. The van der Waals surface area contributed by atoms with Crippen molar-refractivity contribution in [3.63, 3.8) is 0 Å². The van der Waals surface area contributed by atoms with Gasteiger partial charge in [0.25, 0.3) is 0 Å². The van der Waals surface area contributed by atoms with E-state index in [1.165, 1.54) is 11.1 Å². The number of hydrogen-bond donors (Lipinski definition) is 0. The Morgan fingerprint density at radius 3 is 2.47 bits per heavy atom. The first-order valence-corrected chi connectivity index (χ1v) is 12.1. The molecule has 0 atom stereocenters. The van der Waals surface area contributed by atoms with E-state index >= 15 is 0 Å². The van der Waals surface area contributed by atoms with Crippen LogP contribution in [0.2, 0.25) is 0 Å². The second-order valence-corrected chi connectivity index (χ2v) is 9.40. The number of urea groups is 1. The van der Waals surface area contributed by atoms with E-state index in [2.05, 4.69) is 35.0 Å². The summed E-state index contributed by atoms with van der Waals surface area (Å²) in [5.41, 5.74) is 3.88. The van der Waals surface area contributed by atoms with E-state index in [0.717, 1.165) is 76.8 Å². The average Bonchev–Trinajstić information content (AvgIpc) is 3.06. The molecule has 178 valence electrons. The van der Waals surface area contributed by atoms with Crippen molar-refractivity contribution in [3.8, 4) is 0 Å². The monoisotopic (exact) mass is 463 g/mol. The fraction of sp³-hybridized carbons (Fsp3) is 0.680. The number of halogens is 1. The van der Waals surface area contributed by atoms with E-state index in [9.17, 15) is 9.59 Å². The van der Waals surface area contributed by atoms with Crippen molar-refractivity contribution in [2.45, 2.75) is 64.3 Å². The van der Waals surface area contributed by atoms with E-state index in [0.29, 0.717) is 25.0 Å². The van der Waals surface area contributed by atoms with Crippen molar-refractivity contribution in [1.82, 2.24) is 9.80 Å². The second kappa shape index (κ2) is 11.4. The van der Waals surface area contributed by atoms with Crippen LogP contribution < -0.4 is 4.90 Å². The summed E-state index contributed by atoms with van der Waals surface area (Å²) in [5.74, 6) is 0.500. The van der Waals surface area contributed by atoms with Crippen LogP contribution >= 0.6 is 12.4 Å². The molecule has 3 aliphatic rings. The molecule has 0 bridgehead atoms. The van der Waals surface area contributed by atoms with Gasteiger partial charge in [-0.05, 0) is 88.1 Å². The fourth-order valence-corrected chi connectivity index (χ4v) is 5.42. The van der Waals surface area contributed by atoms with Crippen LogP contribution in [0.4, 0.5) is 10.5 Å². The molecule has 1 saturated carbocycles. The van der Waals surface area contributed by atoms with Crippen LogP contribution in [0, 0.1) is 5.92 Å². The fourth-order valence-electron chi connectivity index (χ4n) is 5.42. The molecular formula is C25H38ClN3O3. The number of anilines is 1. The quantitative estimate of drug-likeness (QED) is 0.591. The third kappa shape index (κ3) is 5.76. The molecule has 0 unspecified atom stereocenters. The normalized spacial score (nSPS) is 24.0. The maximum Gasteiger partial charge on any atom is 0.324 e. The minimum absolute atomic E-state index is 0. The van der Waals surface area contributed by atoms with Crippen molar-refractivity contribution < 1.29 is 14.3 Å². The predicted molar refractivity (Wildman–Crippen MR) is 130 cm³/mol. The minimum Gasteiger partial charge on any atom is -0.466 e. The molecule has 6 nitrogen and oxygen atoms in total. The molecule has 2 heterocycles. The van der Waals surface area contributed by atoms with Gasteiger partial charge in [0.05, 0.1) is 6.61 Å². The first kappa shape index (κ1) is 24.8. The van der Waals surface area contributed by atoms with E-state index in [4.69, 9.17) is 4.74 Å². The SMILES string of the molecule is CCOC(=O)CCC1CCC(N2CCN(c3ccc4c(c3)CCN(C)CC4)C2=O)CC1.Cl. The molecule has 1 aliphatic carbocycles. The molecule has 0 radical (unpaired) electrons. The number of nitrogens with zero attached hydrogens (tertiary/aromatic N) is 3. The number of ether oxygens (including phenoxy) is 1. The molecule has 0 N–H and O–H groups in total. The Balaban J connectivity index is 0.00000289. The third-order valence-corrected chi connectivity index (χ3v) is 7.39. The lowest BCUT2D eigenvalue weighted by atomic mass is 9.83. The molecule has 2 fully saturated rings. The van der Waals surface area contributed by atoms with Crippen LogP contribution in [0.15, 0.2) is 18.2 Å². The number of carbonyl (C=O) groups is 2. The summed E-state index contributed by atoms with van der Waals surface area (Å²) in [6, 6.07) is 7.13. The number of carbonyl (C=O) groups excluding carboxylic acids is 2. The molecule has 1 aromatic rings. The number of hydrogen-bond acceptors (Lipinski definition) is 4. The van der Waals surface area contributed by atoms with Gasteiger partial charge in [-0.2, -0.15) is 0 Å². The van der Waals surface area contributed by atoms with Crippen LogP contribution in [0.3, 0.4) is 0 Å². The van der Waals surface area contributed by atoms with Crippen molar-refractivity contribution in [1.29, 1.82) is 0 Å². The molecule has 0 aromatic heterocycles. The highest BCUT2D eigenvalue weighted by Gasteiger charge is 2.36. The van der Waals surface area contributed by atoms with Crippen molar-refractivity contribution in [2.24, 2.45) is 5.92 Å². The Kier molecular flexibility index (Phi) is 8.83. The van der Waals surface area contributed by atoms with Crippen LogP contribution in [-0.2, 0) is 22.4 Å². The number of rotatable bonds is 6. The van der Waals surface area contributed by atoms with Gasteiger partial charge in [-0.1, -0.05) is 6.07 Å². The van der Waals surface area contributed by atoms with E-state index in [1.807, 2.05) is 11.8 Å². The number of likely N-dealkylation sites (N-methyl/N-ethyl adjacent to an activating group) is 1. The maximum atomic E-state index is 13.2. The van der Waals surface area contributed by atoms with Gasteiger partial charge in [0.1, 0.15) is 0 Å². The second-order valence-electron chi connectivity index (χ2n) is 9.40. The van der Waals surface area contributed by atoms with Crippen LogP contribution in [0.25, 0.3) is 0 Å². The van der Waals surface area contributed by atoms with Crippen LogP contribution in [-0.4, -0.2) is 67.7 Å². The van der Waals surface area contributed by atoms with Gasteiger partial charge in [0.2, 0.25) is 0 Å². The number of benzene rings is 1. The Hall–Kier alpha value is -1.79. The molecule has 2 aliphatic heterocycles. The molecule has 1 aromatic carbocycles. The van der Waals surface area contributed by atoms with E-state index in [-0.39, 0.29) is 24.4 Å². The van der Waals surface area contributed by atoms with Gasteiger partial charge < -0.3 is 14.5 Å². The third-order valence-electron chi connectivity index (χ3n) is 7.39. The smallest absolute Gasteiger partial charge is 0.324 e. The lowest BCUT2D eigenvalue weighted by Gasteiger charge is -2.34. The van der Waals surface area contributed by atoms with Crippen molar-refractivity contribution in [2.75, 3.05) is 44.7 Å². The Labute approximate surface area is 198 Å². The average molecular weight is 464 g/mol. The predicted octanol–water partition coefficient (Wildman–Crippen LogP) is 4.28. The highest BCUT2D eigenvalue weighted by Crippen LogP contribution is 2.33. The van der Waals surface area contributed by atoms with Crippen LogP contribution in [0.5, 0.6) is 0 Å². The summed E-state index contributed by atoms with van der Waals surface area (Å²) in [6.45, 7) is 6.09. The van der Waals surface area contributed by atoms with Gasteiger partial charge in [-0.3, -0.25) is 9.69 Å². The summed E-state index contributed by atoms with van der Waals surface area (Å²) >= 11 is 0. The zero-order chi connectivity index (χ0) is 21.8. The largest absolute Gasteiger partial charge is 0.466 e. The highest BCUT2D eigenvalue weighted by molar-refractivity contribution is 5.94. The van der Waals surface area contributed by atoms with Gasteiger partial charge >= 0.3 is 12.0 Å². The Bertz CT molecular complexity index is 795. The van der Waals surface area contributed by atoms with Crippen molar-refractivity contribution in [3.05, 3.63) is 29.3 Å². The zero-order valence-electron chi connectivity index (χ0n) is 19.6. The molecule has 7 heteroatoms. The summed E-state index contributed by atoms with van der Waals surface area (Å²) in [6.07, 6.45) is 7.87. The summed E-state index contributed by atoms with van der Waals surface area (Å²) in [4.78, 5) is 31.3. The summed E-state index contributed by atoms with van der Waals surface area (Å²) in [5, 5.41) is 0. The Morgan fingerprint density at radius 2 is 1.75 bits per heavy atom. The van der Waals surface area contributed by atoms with E-state index < -0.39 is 0 Å². The lowest BCUT2D eigenvalue weighted by molar-refractivity contribution is -0.143. The lowest BCUT2D eigenvalue weighted by Crippen LogP contribution is -2.41. The van der Waals surface area contributed by atoms with Gasteiger partial charge in [0, 0.05) is 44.3 Å². The topological polar surface area (TPSA) is 53.1 Å². The standard InChI is InChI=1S/C25H37N3O3.ClH/c1-3-31-24(29)11-6-19-4-8-22(9-5-19)27-16-17-28(25(27)30)23-10-7-20-12-14-26(2)15-13-21(20)18-23;/h7,10,18-19,22H,3-6,8-9,11-17H2,1-2H3;1H. The van der Waals surface area contributed by atoms with Gasteiger partial charge in [-0.25, -0.2) is 4.79 Å². The van der Waals surface area contributed by atoms with Crippen molar-refractivity contribution >= 4 is 30.1 Å². The van der Waals surface area contributed by atoms with Gasteiger partial charge in [-0.15, -0.1) is 12.4 Å². The molecule has 32 heavy (non-hydrogen) atoms. The summed E-state index contributed by atoms with van der Waals surface area (Å²) in [7, 11) is 2.18. The molecule has 2 amide bonds. The number of amides is 2. The first-order valence-electron chi connectivity index (χ1n) is 12.1. The molecule has 1 saturated heterocycles. The minimum atomic E-state index is -0.0811. The number of esters is 1. The Morgan fingerprint density at radius 1 is 1.03 bits per heavy atom. The molecular weight excluding hydrogens is 426 g/mol. The van der Waals surface area contributed by atoms with Crippen LogP contribution in [0.1, 0.15) is 56.6 Å². The van der Waals surface area contributed by atoms with Gasteiger partial charge in [0.15, 0.2) is 0 Å².